The van der Waals surface area contributed by atoms with Crippen LogP contribution in [-0.4, -0.2) is 85.0 Å². The fraction of sp³-hybridized carbons (Fsp3) is 0.905. The Kier molecular flexibility index (Phi) is 29.6. The summed E-state index contributed by atoms with van der Waals surface area (Å²) in [6, 6.07) is 0. The van der Waals surface area contributed by atoms with E-state index in [-0.39, 0.29) is 32.1 Å². The third kappa shape index (κ3) is 18.5. The first kappa shape index (κ1) is 50.3. The zero-order chi connectivity index (χ0) is 39.3. The van der Waals surface area contributed by atoms with Gasteiger partial charge in [0.05, 0.1) is 6.61 Å². The minimum Gasteiger partial charge on any atom is -0.456 e. The van der Waals surface area contributed by atoms with Gasteiger partial charge in [0.15, 0.2) is 40.8 Å². The van der Waals surface area contributed by atoms with Crippen molar-refractivity contribution in [1.82, 2.24) is 0 Å². The molecule has 0 radical (unpaired) electrons. The molecule has 0 fully saturated rings. The lowest BCUT2D eigenvalue weighted by Gasteiger charge is -2.45. The number of hydrogen-bond acceptors (Lipinski definition) is 10. The molecule has 52 heavy (non-hydrogen) atoms. The van der Waals surface area contributed by atoms with Crippen molar-refractivity contribution in [2.45, 2.75) is 237 Å². The van der Waals surface area contributed by atoms with Crippen molar-refractivity contribution in [3.8, 4) is 0 Å². The molecule has 0 heterocycles. The van der Waals surface area contributed by atoms with Gasteiger partial charge in [0.1, 0.15) is 6.10 Å². The summed E-state index contributed by atoms with van der Waals surface area (Å²) in [7, 11) is 0. The summed E-state index contributed by atoms with van der Waals surface area (Å²) < 4.78 is 5.45. The molecule has 5 atom stereocenters. The van der Waals surface area contributed by atoms with E-state index in [1.54, 1.807) is 0 Å². The zero-order valence-electron chi connectivity index (χ0n) is 33.5. The largest absolute Gasteiger partial charge is 0.456 e. The molecule has 1 unspecified atom stereocenters. The van der Waals surface area contributed by atoms with Crippen molar-refractivity contribution in [1.29, 1.82) is 0 Å². The summed E-state index contributed by atoms with van der Waals surface area (Å²) in [5, 5.41) is 58.0. The van der Waals surface area contributed by atoms with Crippen LogP contribution in [-0.2, 0) is 23.9 Å². The Hall–Kier alpha value is -1.72. The molecule has 0 saturated heterocycles. The molecule has 10 nitrogen and oxygen atoms in total. The Bertz CT molecular complexity index is 955. The van der Waals surface area contributed by atoms with E-state index in [1.165, 1.54) is 0 Å². The number of ether oxygens (including phenoxy) is 1. The standard InChI is InChI=1S/C42H78O10/c1-5-9-13-17-21-25-29-34(44)39(48)42(51,36(46)31-27-23-19-15-11-7-3)40(49)41(50,35(45)30-26-22-18-14-10-6-2)37(33-43)52-38(47)32-28-24-20-16-12-8-4/h37,39-40,43,48-51H,5-33H2,1-4H3/t37-,39?,40+,41-,42+/m1/s1. The molecule has 0 aliphatic rings. The number of aliphatic hydroxyl groups excluding tert-OH is 3. The van der Waals surface area contributed by atoms with Crippen LogP contribution in [0.2, 0.25) is 0 Å². The highest BCUT2D eigenvalue weighted by Gasteiger charge is 2.64. The second kappa shape index (κ2) is 30.6. The van der Waals surface area contributed by atoms with Crippen molar-refractivity contribution in [3.63, 3.8) is 0 Å². The van der Waals surface area contributed by atoms with Crippen LogP contribution in [0.1, 0.15) is 207 Å². The summed E-state index contributed by atoms with van der Waals surface area (Å²) in [6.07, 6.45) is 11.6. The van der Waals surface area contributed by atoms with Gasteiger partial charge >= 0.3 is 5.97 Å². The predicted molar refractivity (Wildman–Crippen MR) is 206 cm³/mol. The average Bonchev–Trinajstić information content (AvgIpc) is 3.14. The van der Waals surface area contributed by atoms with E-state index in [4.69, 9.17) is 4.74 Å². The molecule has 0 aliphatic carbocycles. The van der Waals surface area contributed by atoms with E-state index in [0.29, 0.717) is 38.5 Å². The molecule has 0 aromatic carbocycles. The van der Waals surface area contributed by atoms with Gasteiger partial charge in [-0.05, 0) is 25.7 Å². The third-order valence-electron chi connectivity index (χ3n) is 10.4. The van der Waals surface area contributed by atoms with Crippen LogP contribution < -0.4 is 0 Å². The summed E-state index contributed by atoms with van der Waals surface area (Å²) in [4.78, 5) is 54.2. The number of carbonyl (C=O) groups is 4. The molecule has 0 aromatic heterocycles. The fourth-order valence-corrected chi connectivity index (χ4v) is 6.83. The summed E-state index contributed by atoms with van der Waals surface area (Å²) >= 11 is 0. The average molecular weight is 743 g/mol. The van der Waals surface area contributed by atoms with Gasteiger partial charge in [-0.15, -0.1) is 0 Å². The lowest BCUT2D eigenvalue weighted by molar-refractivity contribution is -0.234. The molecular formula is C42H78O10. The summed E-state index contributed by atoms with van der Waals surface area (Å²) in [5.74, 6) is -3.88. The van der Waals surface area contributed by atoms with Crippen LogP contribution in [0.4, 0.5) is 0 Å². The third-order valence-corrected chi connectivity index (χ3v) is 10.4. The van der Waals surface area contributed by atoms with E-state index in [2.05, 4.69) is 27.7 Å². The van der Waals surface area contributed by atoms with E-state index in [9.17, 15) is 44.7 Å². The first-order valence-corrected chi connectivity index (χ1v) is 21.1. The minimum absolute atomic E-state index is 0.0684. The number of aliphatic hydroxyl groups is 5. The molecule has 0 saturated carbocycles. The lowest BCUT2D eigenvalue weighted by Crippen LogP contribution is -2.73. The predicted octanol–water partition coefficient (Wildman–Crippen LogP) is 7.78. The van der Waals surface area contributed by atoms with Gasteiger partial charge in [-0.3, -0.25) is 19.2 Å². The van der Waals surface area contributed by atoms with Crippen molar-refractivity contribution in [2.75, 3.05) is 6.61 Å². The Morgan fingerprint density at radius 3 is 1.19 bits per heavy atom. The molecule has 306 valence electrons. The molecule has 0 bridgehead atoms. The molecular weight excluding hydrogens is 664 g/mol. The number of esters is 1. The maximum absolute atomic E-state index is 14.0. The van der Waals surface area contributed by atoms with Crippen LogP contribution in [0.15, 0.2) is 0 Å². The highest BCUT2D eigenvalue weighted by atomic mass is 16.6. The van der Waals surface area contributed by atoms with Crippen molar-refractivity contribution >= 4 is 23.3 Å². The maximum atomic E-state index is 14.0. The normalized spacial score (nSPS) is 15.7. The number of carbonyl (C=O) groups excluding carboxylic acids is 4. The molecule has 0 aromatic rings. The Morgan fingerprint density at radius 1 is 0.481 bits per heavy atom. The van der Waals surface area contributed by atoms with Crippen LogP contribution in [0.5, 0.6) is 0 Å². The second-order valence-corrected chi connectivity index (χ2v) is 15.0. The number of ketones is 3. The fourth-order valence-electron chi connectivity index (χ4n) is 6.83. The van der Waals surface area contributed by atoms with Gasteiger partial charge in [0.2, 0.25) is 0 Å². The maximum Gasteiger partial charge on any atom is 0.306 e. The SMILES string of the molecule is CCCCCCCCC(=O)O[C@H](CO)[C@](O)(C(=O)CCCCCCCC)[C@H](O)[C@](O)(C(=O)CCCCCCCC)C(O)C(=O)CCCCCCCC. The minimum atomic E-state index is -3.30. The number of hydrogen-bond donors (Lipinski definition) is 5. The van der Waals surface area contributed by atoms with Gasteiger partial charge in [-0.25, -0.2) is 0 Å². The summed E-state index contributed by atoms with van der Waals surface area (Å²) in [5.41, 5.74) is -6.49. The van der Waals surface area contributed by atoms with Crippen molar-refractivity contribution in [3.05, 3.63) is 0 Å². The van der Waals surface area contributed by atoms with Crippen molar-refractivity contribution in [2.24, 2.45) is 0 Å². The molecule has 0 aliphatic heterocycles. The van der Waals surface area contributed by atoms with E-state index < -0.39 is 59.4 Å². The number of rotatable bonds is 37. The van der Waals surface area contributed by atoms with Gasteiger partial charge in [0, 0.05) is 25.7 Å². The van der Waals surface area contributed by atoms with E-state index in [0.717, 1.165) is 109 Å². The Morgan fingerprint density at radius 2 is 0.808 bits per heavy atom. The van der Waals surface area contributed by atoms with Gasteiger partial charge < -0.3 is 30.3 Å². The van der Waals surface area contributed by atoms with Crippen LogP contribution >= 0.6 is 0 Å². The summed E-state index contributed by atoms with van der Waals surface area (Å²) in [6.45, 7) is 7.24. The Labute approximate surface area is 315 Å². The smallest absolute Gasteiger partial charge is 0.306 e. The van der Waals surface area contributed by atoms with Crippen LogP contribution in [0.25, 0.3) is 0 Å². The first-order chi connectivity index (χ1) is 24.9. The topological polar surface area (TPSA) is 179 Å². The van der Waals surface area contributed by atoms with Crippen LogP contribution in [0, 0.1) is 0 Å². The molecule has 5 N–H and O–H groups in total. The van der Waals surface area contributed by atoms with E-state index >= 15 is 0 Å². The second-order valence-electron chi connectivity index (χ2n) is 15.0. The van der Waals surface area contributed by atoms with E-state index in [1.807, 2.05) is 0 Å². The van der Waals surface area contributed by atoms with Gasteiger partial charge in [-0.2, -0.15) is 0 Å². The van der Waals surface area contributed by atoms with Gasteiger partial charge in [-0.1, -0.05) is 156 Å². The Balaban J connectivity index is 6.49. The molecule has 0 amide bonds. The highest BCUT2D eigenvalue weighted by molar-refractivity contribution is 5.99. The molecule has 0 rings (SSSR count). The van der Waals surface area contributed by atoms with Crippen molar-refractivity contribution < 1.29 is 49.4 Å². The first-order valence-electron chi connectivity index (χ1n) is 21.1. The monoisotopic (exact) mass is 743 g/mol. The lowest BCUT2D eigenvalue weighted by atomic mass is 9.70. The van der Waals surface area contributed by atoms with Gasteiger partial charge in [0.25, 0.3) is 0 Å². The number of Topliss-reactive ketones (excluding diaryl/α,β-unsaturated/α-hetero) is 3. The molecule has 10 heteroatoms. The number of unbranched alkanes of at least 4 members (excludes halogenated alkanes) is 20. The molecule has 0 spiro atoms. The quantitative estimate of drug-likeness (QED) is 0.0312. The highest BCUT2D eigenvalue weighted by Crippen LogP contribution is 2.35. The zero-order valence-corrected chi connectivity index (χ0v) is 33.5. The van der Waals surface area contributed by atoms with Crippen LogP contribution in [0.3, 0.4) is 0 Å².